The average molecular weight is 327 g/mol. The molecule has 0 amide bonds. The monoisotopic (exact) mass is 327 g/mol. The van der Waals surface area contributed by atoms with Gasteiger partial charge in [0.05, 0.1) is 16.4 Å². The molecule has 0 unspecified atom stereocenters. The van der Waals surface area contributed by atoms with Gasteiger partial charge < -0.3 is 9.84 Å². The van der Waals surface area contributed by atoms with Crippen LogP contribution in [0.5, 0.6) is 0 Å². The van der Waals surface area contributed by atoms with Crippen LogP contribution in [-0.4, -0.2) is 38.7 Å². The van der Waals surface area contributed by atoms with Gasteiger partial charge in [-0.1, -0.05) is 12.1 Å². The van der Waals surface area contributed by atoms with E-state index in [1.165, 1.54) is 7.11 Å². The molecule has 1 aliphatic carbocycles. The van der Waals surface area contributed by atoms with Gasteiger partial charge in [0.15, 0.2) is 0 Å². The summed E-state index contributed by atoms with van der Waals surface area (Å²) in [4.78, 5) is 11.1. The number of aliphatic carboxylic acids is 1. The lowest BCUT2D eigenvalue weighted by molar-refractivity contribution is -0.161. The van der Waals surface area contributed by atoms with Crippen LogP contribution in [0.25, 0.3) is 0 Å². The van der Waals surface area contributed by atoms with Crippen LogP contribution in [0.4, 0.5) is 0 Å². The molecule has 0 spiro atoms. The second kappa shape index (κ2) is 5.98. The highest BCUT2D eigenvalue weighted by atomic mass is 32.2. The summed E-state index contributed by atoms with van der Waals surface area (Å²) in [7, 11) is -2.17. The number of carboxylic acid groups (broad SMARTS) is 1. The van der Waals surface area contributed by atoms with E-state index in [-0.39, 0.29) is 11.4 Å². The van der Waals surface area contributed by atoms with E-state index in [0.717, 1.165) is 5.56 Å². The fraction of sp³-hybridized carbons (Fsp3) is 0.533. The first kappa shape index (κ1) is 16.9. The second-order valence-electron chi connectivity index (χ2n) is 5.85. The predicted molar refractivity (Wildman–Crippen MR) is 81.2 cm³/mol. The van der Waals surface area contributed by atoms with Crippen LogP contribution in [-0.2, 0) is 19.6 Å². The average Bonchev–Trinajstić information content (AvgIpc) is 2.40. The SMILES string of the molecule is COC1(CNS(=O)(=O)c2cccc(C)c2C)CC(C(=O)O)C1. The summed E-state index contributed by atoms with van der Waals surface area (Å²) >= 11 is 0. The second-order valence-corrected chi connectivity index (χ2v) is 7.59. The third-order valence-corrected chi connectivity index (χ3v) is 5.99. The number of carbonyl (C=O) groups is 1. The van der Waals surface area contributed by atoms with Gasteiger partial charge in [-0.05, 0) is 43.9 Å². The lowest BCUT2D eigenvalue weighted by Crippen LogP contribution is -2.55. The maximum absolute atomic E-state index is 12.4. The number of benzene rings is 1. The number of nitrogens with one attached hydrogen (secondary N) is 1. The van der Waals surface area contributed by atoms with Crippen molar-refractivity contribution in [1.82, 2.24) is 4.72 Å². The maximum Gasteiger partial charge on any atom is 0.306 e. The van der Waals surface area contributed by atoms with Gasteiger partial charge in [-0.2, -0.15) is 0 Å². The van der Waals surface area contributed by atoms with Crippen LogP contribution in [0.3, 0.4) is 0 Å². The van der Waals surface area contributed by atoms with E-state index < -0.39 is 27.5 Å². The number of methoxy groups -OCH3 is 1. The first-order chi connectivity index (χ1) is 10.2. The zero-order valence-corrected chi connectivity index (χ0v) is 13.7. The first-order valence-electron chi connectivity index (χ1n) is 7.05. The van der Waals surface area contributed by atoms with Crippen LogP contribution < -0.4 is 4.72 Å². The van der Waals surface area contributed by atoms with Crippen LogP contribution >= 0.6 is 0 Å². The van der Waals surface area contributed by atoms with Crippen LogP contribution in [0.1, 0.15) is 24.0 Å². The highest BCUT2D eigenvalue weighted by molar-refractivity contribution is 7.89. The largest absolute Gasteiger partial charge is 0.481 e. The Balaban J connectivity index is 2.10. The number of aryl methyl sites for hydroxylation is 1. The normalized spacial score (nSPS) is 24.8. The van der Waals surface area contributed by atoms with E-state index in [2.05, 4.69) is 4.72 Å². The third kappa shape index (κ3) is 3.16. The molecular weight excluding hydrogens is 306 g/mol. The number of sulfonamides is 1. The van der Waals surface area contributed by atoms with Crippen molar-refractivity contribution in [2.45, 2.75) is 37.2 Å². The predicted octanol–water partition coefficient (Wildman–Crippen LogP) is 1.46. The maximum atomic E-state index is 12.4. The summed E-state index contributed by atoms with van der Waals surface area (Å²) in [6, 6.07) is 5.12. The summed E-state index contributed by atoms with van der Waals surface area (Å²) in [6.07, 6.45) is 0.627. The van der Waals surface area contributed by atoms with Crippen LogP contribution in [0.15, 0.2) is 23.1 Å². The van der Waals surface area contributed by atoms with Crippen molar-refractivity contribution < 1.29 is 23.1 Å². The topological polar surface area (TPSA) is 92.7 Å². The minimum Gasteiger partial charge on any atom is -0.481 e. The molecule has 122 valence electrons. The Labute approximate surface area is 130 Å². The molecule has 1 fully saturated rings. The third-order valence-electron chi connectivity index (χ3n) is 4.45. The zero-order chi connectivity index (χ0) is 16.5. The molecule has 2 rings (SSSR count). The zero-order valence-electron chi connectivity index (χ0n) is 12.9. The molecule has 22 heavy (non-hydrogen) atoms. The minimum atomic E-state index is -3.65. The van der Waals surface area contributed by atoms with E-state index in [9.17, 15) is 13.2 Å². The molecule has 0 radical (unpaired) electrons. The van der Waals surface area contributed by atoms with Crippen LogP contribution in [0, 0.1) is 19.8 Å². The molecular formula is C15H21NO5S. The number of ether oxygens (including phenoxy) is 1. The standard InChI is InChI=1S/C15H21NO5S/c1-10-5-4-6-13(11(10)2)22(19,20)16-9-15(21-3)7-12(8-15)14(17)18/h4-6,12,16H,7-9H2,1-3H3,(H,17,18). The Hall–Kier alpha value is -1.44. The van der Waals surface area contributed by atoms with E-state index in [1.54, 1.807) is 19.1 Å². The van der Waals surface area contributed by atoms with Gasteiger partial charge in [0.2, 0.25) is 10.0 Å². The lowest BCUT2D eigenvalue weighted by atomic mass is 9.71. The lowest BCUT2D eigenvalue weighted by Gasteiger charge is -2.44. The van der Waals surface area contributed by atoms with Crippen molar-refractivity contribution in [3.63, 3.8) is 0 Å². The fourth-order valence-electron chi connectivity index (χ4n) is 2.72. The van der Waals surface area contributed by atoms with Crippen LogP contribution in [0.2, 0.25) is 0 Å². The Kier molecular flexibility index (Phi) is 4.60. The fourth-order valence-corrected chi connectivity index (χ4v) is 4.15. The summed E-state index contributed by atoms with van der Waals surface area (Å²) in [6.45, 7) is 3.69. The minimum absolute atomic E-state index is 0.0724. The molecule has 0 bridgehead atoms. The van der Waals surface area contributed by atoms with Gasteiger partial charge in [-0.25, -0.2) is 13.1 Å². The molecule has 1 aromatic carbocycles. The van der Waals surface area contributed by atoms with Gasteiger partial charge in [-0.15, -0.1) is 0 Å². The van der Waals surface area contributed by atoms with Gasteiger partial charge >= 0.3 is 5.97 Å². The molecule has 0 heterocycles. The highest BCUT2D eigenvalue weighted by Crippen LogP contribution is 2.40. The van der Waals surface area contributed by atoms with E-state index in [0.29, 0.717) is 18.4 Å². The quantitative estimate of drug-likeness (QED) is 0.825. The van der Waals surface area contributed by atoms with E-state index in [4.69, 9.17) is 9.84 Å². The molecule has 1 aliphatic rings. The summed E-state index contributed by atoms with van der Waals surface area (Å²) in [5, 5.41) is 8.94. The summed E-state index contributed by atoms with van der Waals surface area (Å²) < 4.78 is 32.8. The molecule has 7 heteroatoms. The highest BCUT2D eigenvalue weighted by Gasteiger charge is 2.48. The number of carboxylic acids is 1. The Morgan fingerprint density at radius 2 is 2.05 bits per heavy atom. The first-order valence-corrected chi connectivity index (χ1v) is 8.53. The van der Waals surface area contributed by atoms with Crippen molar-refractivity contribution in [2.75, 3.05) is 13.7 Å². The Morgan fingerprint density at radius 3 is 2.59 bits per heavy atom. The molecule has 0 aliphatic heterocycles. The number of rotatable bonds is 6. The smallest absolute Gasteiger partial charge is 0.306 e. The van der Waals surface area contributed by atoms with Crippen molar-refractivity contribution in [2.24, 2.45) is 5.92 Å². The Morgan fingerprint density at radius 1 is 1.41 bits per heavy atom. The summed E-state index contributed by atoms with van der Waals surface area (Å²) in [5.74, 6) is -1.34. The van der Waals surface area contributed by atoms with Crippen molar-refractivity contribution in [1.29, 1.82) is 0 Å². The van der Waals surface area contributed by atoms with Crippen molar-refractivity contribution >= 4 is 16.0 Å². The Bertz CT molecular complexity index is 677. The summed E-state index contributed by atoms with van der Waals surface area (Å²) in [5.41, 5.74) is 0.880. The molecule has 2 N–H and O–H groups in total. The van der Waals surface area contributed by atoms with Crippen molar-refractivity contribution in [3.05, 3.63) is 29.3 Å². The van der Waals surface area contributed by atoms with Gasteiger partial charge in [0.25, 0.3) is 0 Å². The van der Waals surface area contributed by atoms with Crippen molar-refractivity contribution in [3.8, 4) is 0 Å². The molecule has 6 nitrogen and oxygen atoms in total. The molecule has 1 saturated carbocycles. The molecule has 0 aromatic heterocycles. The van der Waals surface area contributed by atoms with Gasteiger partial charge in [0, 0.05) is 13.7 Å². The molecule has 0 saturated heterocycles. The molecule has 1 aromatic rings. The van der Waals surface area contributed by atoms with Gasteiger partial charge in [-0.3, -0.25) is 4.79 Å². The number of hydrogen-bond donors (Lipinski definition) is 2. The van der Waals surface area contributed by atoms with E-state index >= 15 is 0 Å². The van der Waals surface area contributed by atoms with Gasteiger partial charge in [0.1, 0.15) is 0 Å². The van der Waals surface area contributed by atoms with E-state index in [1.807, 2.05) is 13.0 Å². The molecule has 0 atom stereocenters. The number of hydrogen-bond acceptors (Lipinski definition) is 4.